The Balaban J connectivity index is 2.23. The monoisotopic (exact) mass is 272 g/mol. The molecule has 1 aromatic heterocycles. The molecular formula is C10H13BrN2O2. The Hall–Kier alpha value is -0.840. The lowest BCUT2D eigenvalue weighted by Crippen LogP contribution is -2.08. The molecule has 1 fully saturated rings. The van der Waals surface area contributed by atoms with Crippen molar-refractivity contribution in [2.45, 2.75) is 31.7 Å². The van der Waals surface area contributed by atoms with Crippen molar-refractivity contribution < 1.29 is 9.53 Å². The van der Waals surface area contributed by atoms with Crippen LogP contribution in [0.2, 0.25) is 0 Å². The Morgan fingerprint density at radius 3 is 2.87 bits per heavy atom. The lowest BCUT2D eigenvalue weighted by molar-refractivity contribution is 0.0591. The number of carbonyl (C=O) groups is 1. The van der Waals surface area contributed by atoms with Crippen LogP contribution in [0.3, 0.4) is 0 Å². The quantitative estimate of drug-likeness (QED) is 0.778. The molecule has 2 rings (SSSR count). The van der Waals surface area contributed by atoms with Crippen LogP contribution in [-0.2, 0) is 4.74 Å². The number of hydrogen-bond donors (Lipinski definition) is 0. The van der Waals surface area contributed by atoms with Gasteiger partial charge in [0.15, 0.2) is 5.69 Å². The van der Waals surface area contributed by atoms with E-state index in [0.29, 0.717) is 16.2 Å². The SMILES string of the molecule is COC(=O)c1nn(C2CCCC2)cc1Br. The summed E-state index contributed by atoms with van der Waals surface area (Å²) < 4.78 is 7.24. The van der Waals surface area contributed by atoms with Gasteiger partial charge in [-0.3, -0.25) is 4.68 Å². The normalized spacial score (nSPS) is 16.9. The fourth-order valence-corrected chi connectivity index (χ4v) is 2.41. The first-order valence-corrected chi connectivity index (χ1v) is 5.84. The Morgan fingerprint density at radius 2 is 2.27 bits per heavy atom. The molecule has 0 aliphatic heterocycles. The molecule has 15 heavy (non-hydrogen) atoms. The summed E-state index contributed by atoms with van der Waals surface area (Å²) in [6.45, 7) is 0. The van der Waals surface area contributed by atoms with E-state index >= 15 is 0 Å². The Morgan fingerprint density at radius 1 is 1.60 bits per heavy atom. The average Bonchev–Trinajstić information content (AvgIpc) is 2.84. The number of rotatable bonds is 2. The van der Waals surface area contributed by atoms with Crippen LogP contribution in [0.25, 0.3) is 0 Å². The maximum absolute atomic E-state index is 11.3. The Bertz CT molecular complexity index is 369. The summed E-state index contributed by atoms with van der Waals surface area (Å²) in [6, 6.07) is 0.444. The van der Waals surface area contributed by atoms with Gasteiger partial charge in [0.2, 0.25) is 0 Å². The fourth-order valence-electron chi connectivity index (χ4n) is 1.96. The predicted octanol–water partition coefficient (Wildman–Crippen LogP) is 2.55. The average molecular weight is 273 g/mol. The van der Waals surface area contributed by atoms with E-state index < -0.39 is 5.97 Å². The van der Waals surface area contributed by atoms with E-state index in [0.717, 1.165) is 12.8 Å². The highest BCUT2D eigenvalue weighted by Crippen LogP contribution is 2.30. The first-order valence-electron chi connectivity index (χ1n) is 5.05. The zero-order valence-corrected chi connectivity index (χ0v) is 10.2. The molecule has 0 N–H and O–H groups in total. The summed E-state index contributed by atoms with van der Waals surface area (Å²) in [5.41, 5.74) is 0.365. The van der Waals surface area contributed by atoms with E-state index in [2.05, 4.69) is 25.8 Å². The standard InChI is InChI=1S/C10H13BrN2O2/c1-15-10(14)9-8(11)6-13(12-9)7-4-2-3-5-7/h6-7H,2-5H2,1H3. The van der Waals surface area contributed by atoms with Gasteiger partial charge in [-0.1, -0.05) is 12.8 Å². The van der Waals surface area contributed by atoms with Crippen molar-refractivity contribution in [3.63, 3.8) is 0 Å². The summed E-state index contributed by atoms with van der Waals surface area (Å²) in [5.74, 6) is -0.390. The third kappa shape index (κ3) is 2.07. The van der Waals surface area contributed by atoms with E-state index in [1.807, 2.05) is 10.9 Å². The maximum Gasteiger partial charge on any atom is 0.359 e. The van der Waals surface area contributed by atoms with E-state index in [9.17, 15) is 4.79 Å². The van der Waals surface area contributed by atoms with Crippen LogP contribution in [0.15, 0.2) is 10.7 Å². The van der Waals surface area contributed by atoms with Crippen molar-refractivity contribution in [3.05, 3.63) is 16.4 Å². The molecule has 1 aliphatic rings. The van der Waals surface area contributed by atoms with Crippen molar-refractivity contribution >= 4 is 21.9 Å². The van der Waals surface area contributed by atoms with Gasteiger partial charge in [0.25, 0.3) is 0 Å². The van der Waals surface area contributed by atoms with Crippen molar-refractivity contribution in [1.82, 2.24) is 9.78 Å². The van der Waals surface area contributed by atoms with Gasteiger partial charge >= 0.3 is 5.97 Å². The highest BCUT2D eigenvalue weighted by atomic mass is 79.9. The number of esters is 1. The highest BCUT2D eigenvalue weighted by Gasteiger charge is 2.22. The van der Waals surface area contributed by atoms with Gasteiger partial charge in [0, 0.05) is 6.20 Å². The largest absolute Gasteiger partial charge is 0.464 e. The van der Waals surface area contributed by atoms with E-state index in [1.54, 1.807) is 0 Å². The fraction of sp³-hybridized carbons (Fsp3) is 0.600. The smallest absolute Gasteiger partial charge is 0.359 e. The van der Waals surface area contributed by atoms with Crippen LogP contribution in [0, 0.1) is 0 Å². The Kier molecular flexibility index (Phi) is 3.09. The van der Waals surface area contributed by atoms with Gasteiger partial charge in [0.05, 0.1) is 17.6 Å². The topological polar surface area (TPSA) is 44.1 Å². The van der Waals surface area contributed by atoms with Crippen LogP contribution in [0.4, 0.5) is 0 Å². The molecule has 5 heteroatoms. The van der Waals surface area contributed by atoms with Gasteiger partial charge in [-0.2, -0.15) is 5.10 Å². The summed E-state index contributed by atoms with van der Waals surface area (Å²) >= 11 is 3.32. The van der Waals surface area contributed by atoms with Crippen LogP contribution in [-0.4, -0.2) is 22.9 Å². The molecular weight excluding hydrogens is 260 g/mol. The van der Waals surface area contributed by atoms with Crippen LogP contribution < -0.4 is 0 Å². The van der Waals surface area contributed by atoms with Crippen molar-refractivity contribution in [1.29, 1.82) is 0 Å². The number of hydrogen-bond acceptors (Lipinski definition) is 3. The van der Waals surface area contributed by atoms with Crippen molar-refractivity contribution in [3.8, 4) is 0 Å². The van der Waals surface area contributed by atoms with E-state index in [4.69, 9.17) is 0 Å². The summed E-state index contributed by atoms with van der Waals surface area (Å²) in [6.07, 6.45) is 6.65. The molecule has 0 amide bonds. The zero-order chi connectivity index (χ0) is 10.8. The van der Waals surface area contributed by atoms with E-state index in [-0.39, 0.29) is 0 Å². The third-order valence-electron chi connectivity index (χ3n) is 2.76. The number of carbonyl (C=O) groups excluding carboxylic acids is 1. The van der Waals surface area contributed by atoms with Gasteiger partial charge in [-0.05, 0) is 28.8 Å². The van der Waals surface area contributed by atoms with Crippen molar-refractivity contribution in [2.24, 2.45) is 0 Å². The molecule has 0 bridgehead atoms. The lowest BCUT2D eigenvalue weighted by Gasteiger charge is -2.08. The molecule has 0 aromatic carbocycles. The van der Waals surface area contributed by atoms with Gasteiger partial charge in [0.1, 0.15) is 0 Å². The van der Waals surface area contributed by atoms with Crippen LogP contribution in [0.1, 0.15) is 42.2 Å². The maximum atomic E-state index is 11.3. The molecule has 1 saturated carbocycles. The second kappa shape index (κ2) is 4.35. The molecule has 0 unspecified atom stereocenters. The predicted molar refractivity (Wildman–Crippen MR) is 58.8 cm³/mol. The minimum absolute atomic E-state index is 0.365. The Labute approximate surface area is 96.7 Å². The summed E-state index contributed by atoms with van der Waals surface area (Å²) in [5, 5.41) is 4.26. The summed E-state index contributed by atoms with van der Waals surface area (Å²) in [4.78, 5) is 11.3. The third-order valence-corrected chi connectivity index (χ3v) is 3.35. The number of halogens is 1. The summed E-state index contributed by atoms with van der Waals surface area (Å²) in [7, 11) is 1.36. The molecule has 0 radical (unpaired) electrons. The van der Waals surface area contributed by atoms with Gasteiger partial charge in [-0.25, -0.2) is 4.79 Å². The molecule has 1 aromatic rings. The number of methoxy groups -OCH3 is 1. The zero-order valence-electron chi connectivity index (χ0n) is 8.57. The number of nitrogens with zero attached hydrogens (tertiary/aromatic N) is 2. The second-order valence-electron chi connectivity index (χ2n) is 3.74. The molecule has 4 nitrogen and oxygen atoms in total. The molecule has 1 aliphatic carbocycles. The van der Waals surface area contributed by atoms with E-state index in [1.165, 1.54) is 20.0 Å². The van der Waals surface area contributed by atoms with Gasteiger partial charge < -0.3 is 4.74 Å². The minimum Gasteiger partial charge on any atom is -0.464 e. The van der Waals surface area contributed by atoms with Crippen LogP contribution in [0.5, 0.6) is 0 Å². The molecule has 0 atom stereocenters. The molecule has 82 valence electrons. The number of aromatic nitrogens is 2. The lowest BCUT2D eigenvalue weighted by atomic mass is 10.3. The first kappa shape index (κ1) is 10.7. The molecule has 1 heterocycles. The van der Waals surface area contributed by atoms with Crippen LogP contribution >= 0.6 is 15.9 Å². The first-order chi connectivity index (χ1) is 7.22. The number of ether oxygens (including phenoxy) is 1. The van der Waals surface area contributed by atoms with Gasteiger partial charge in [-0.15, -0.1) is 0 Å². The minimum atomic E-state index is -0.390. The molecule has 0 spiro atoms. The molecule has 0 saturated heterocycles. The highest BCUT2D eigenvalue weighted by molar-refractivity contribution is 9.10. The van der Waals surface area contributed by atoms with Crippen molar-refractivity contribution in [2.75, 3.05) is 7.11 Å². The second-order valence-corrected chi connectivity index (χ2v) is 4.59.